The quantitative estimate of drug-likeness (QED) is 0.516. The van der Waals surface area contributed by atoms with Gasteiger partial charge in [-0.05, 0) is 12.8 Å². The molecule has 0 saturated carbocycles. The summed E-state index contributed by atoms with van der Waals surface area (Å²) in [6.07, 6.45) is 0.571. The molecule has 0 aliphatic rings. The van der Waals surface area contributed by atoms with Gasteiger partial charge in [0.25, 0.3) is 0 Å². The lowest BCUT2D eigenvalue weighted by atomic mass is 10.2. The second-order valence-corrected chi connectivity index (χ2v) is 2.86. The third-order valence-electron chi connectivity index (χ3n) is 1.56. The maximum atomic E-state index is 10.9. The van der Waals surface area contributed by atoms with Crippen LogP contribution in [-0.2, 0) is 14.3 Å². The van der Waals surface area contributed by atoms with E-state index in [1.54, 1.807) is 6.92 Å². The number of aliphatic hydroxyl groups excluding tert-OH is 1. The number of rotatable bonds is 5. The van der Waals surface area contributed by atoms with Crippen molar-refractivity contribution in [1.29, 1.82) is 0 Å². The molecule has 0 aromatic carbocycles. The van der Waals surface area contributed by atoms with Gasteiger partial charge >= 0.3 is 11.9 Å². The molecule has 0 aromatic heterocycles. The molecule has 76 valence electrons. The van der Waals surface area contributed by atoms with E-state index in [2.05, 4.69) is 4.74 Å². The number of carbonyl (C=O) groups is 2. The molecule has 0 aliphatic heterocycles. The first-order valence-electron chi connectivity index (χ1n) is 4.51. The zero-order valence-corrected chi connectivity index (χ0v) is 8.08. The van der Waals surface area contributed by atoms with Crippen LogP contribution in [-0.4, -0.2) is 23.1 Å². The average molecular weight is 188 g/mol. The summed E-state index contributed by atoms with van der Waals surface area (Å²) < 4.78 is 4.43. The van der Waals surface area contributed by atoms with E-state index >= 15 is 0 Å². The molecule has 0 radical (unpaired) electrons. The summed E-state index contributed by atoms with van der Waals surface area (Å²) in [4.78, 5) is 21.7. The molecule has 13 heavy (non-hydrogen) atoms. The highest BCUT2D eigenvalue weighted by Crippen LogP contribution is 2.00. The fourth-order valence-corrected chi connectivity index (χ4v) is 0.761. The van der Waals surface area contributed by atoms with E-state index in [1.807, 2.05) is 6.92 Å². The summed E-state index contributed by atoms with van der Waals surface area (Å²) in [6, 6.07) is 0. The summed E-state index contributed by atoms with van der Waals surface area (Å²) in [6.45, 7) is 3.58. The minimum Gasteiger partial charge on any atom is -0.393 e. The zero-order valence-electron chi connectivity index (χ0n) is 8.08. The molecule has 1 atom stereocenters. The Morgan fingerprint density at radius 1 is 1.31 bits per heavy atom. The van der Waals surface area contributed by atoms with E-state index in [-0.39, 0.29) is 12.8 Å². The standard InChI is InChI=1S/C9H16O4/c1-3-5-8(11)13-9(12)6-7(10)4-2/h7,10H,3-6H2,1-2H3. The largest absolute Gasteiger partial charge is 0.393 e. The molecular formula is C9H16O4. The minimum atomic E-state index is -0.707. The maximum Gasteiger partial charge on any atom is 0.316 e. The average Bonchev–Trinajstić information content (AvgIpc) is 2.04. The smallest absolute Gasteiger partial charge is 0.316 e. The van der Waals surface area contributed by atoms with Gasteiger partial charge in [-0.15, -0.1) is 0 Å². The second kappa shape index (κ2) is 6.60. The van der Waals surface area contributed by atoms with Crippen LogP contribution < -0.4 is 0 Å². The number of ether oxygens (including phenoxy) is 1. The van der Waals surface area contributed by atoms with Crippen LogP contribution >= 0.6 is 0 Å². The fourth-order valence-electron chi connectivity index (χ4n) is 0.761. The van der Waals surface area contributed by atoms with Crippen molar-refractivity contribution in [3.63, 3.8) is 0 Å². The molecule has 4 heteroatoms. The minimum absolute atomic E-state index is 0.105. The third-order valence-corrected chi connectivity index (χ3v) is 1.56. The third kappa shape index (κ3) is 6.28. The molecule has 1 N–H and O–H groups in total. The van der Waals surface area contributed by atoms with E-state index < -0.39 is 18.0 Å². The lowest BCUT2D eigenvalue weighted by molar-refractivity contribution is -0.160. The molecule has 0 aromatic rings. The van der Waals surface area contributed by atoms with E-state index in [1.165, 1.54) is 0 Å². The Bertz CT molecular complexity index is 176. The molecule has 0 aliphatic carbocycles. The van der Waals surface area contributed by atoms with Crippen LogP contribution in [0.4, 0.5) is 0 Å². The van der Waals surface area contributed by atoms with Gasteiger partial charge < -0.3 is 9.84 Å². The predicted octanol–water partition coefficient (Wildman–Crippen LogP) is 1.02. The van der Waals surface area contributed by atoms with Gasteiger partial charge in [-0.1, -0.05) is 13.8 Å². The molecule has 0 spiro atoms. The van der Waals surface area contributed by atoms with Gasteiger partial charge in [-0.3, -0.25) is 9.59 Å². The van der Waals surface area contributed by atoms with Crippen molar-refractivity contribution < 1.29 is 19.4 Å². The summed E-state index contributed by atoms with van der Waals surface area (Å²) in [5.41, 5.74) is 0. The Labute approximate surface area is 77.9 Å². The van der Waals surface area contributed by atoms with Crippen LogP contribution in [0, 0.1) is 0 Å². The molecule has 0 bridgehead atoms. The molecule has 0 fully saturated rings. The molecule has 4 nitrogen and oxygen atoms in total. The zero-order chi connectivity index (χ0) is 10.3. The van der Waals surface area contributed by atoms with Gasteiger partial charge in [0.15, 0.2) is 0 Å². The van der Waals surface area contributed by atoms with E-state index in [9.17, 15) is 9.59 Å². The van der Waals surface area contributed by atoms with E-state index in [0.717, 1.165) is 0 Å². The van der Waals surface area contributed by atoms with Crippen LogP contribution in [0.25, 0.3) is 0 Å². The number of carbonyl (C=O) groups excluding carboxylic acids is 2. The highest BCUT2D eigenvalue weighted by Gasteiger charge is 2.13. The summed E-state index contributed by atoms with van der Waals surface area (Å²) in [5.74, 6) is -1.16. The van der Waals surface area contributed by atoms with Crippen molar-refractivity contribution in [3.05, 3.63) is 0 Å². The summed E-state index contributed by atoms with van der Waals surface area (Å²) in [7, 11) is 0. The van der Waals surface area contributed by atoms with Crippen LogP contribution in [0.2, 0.25) is 0 Å². The van der Waals surface area contributed by atoms with E-state index in [0.29, 0.717) is 12.8 Å². The SMILES string of the molecule is CCCC(=O)OC(=O)CC(O)CC. The van der Waals surface area contributed by atoms with Crippen molar-refractivity contribution in [2.75, 3.05) is 0 Å². The Morgan fingerprint density at radius 2 is 1.92 bits per heavy atom. The van der Waals surface area contributed by atoms with Crippen LogP contribution in [0.5, 0.6) is 0 Å². The first-order valence-corrected chi connectivity index (χ1v) is 4.51. The molecule has 0 rings (SSSR count). The topological polar surface area (TPSA) is 63.6 Å². The van der Waals surface area contributed by atoms with Gasteiger partial charge in [0.05, 0.1) is 12.5 Å². The fraction of sp³-hybridized carbons (Fsp3) is 0.778. The Balaban J connectivity index is 3.67. The Kier molecular flexibility index (Phi) is 6.14. The van der Waals surface area contributed by atoms with Crippen LogP contribution in [0.1, 0.15) is 39.5 Å². The number of hydrogen-bond acceptors (Lipinski definition) is 4. The number of aliphatic hydroxyl groups is 1. The van der Waals surface area contributed by atoms with Gasteiger partial charge in [-0.2, -0.15) is 0 Å². The van der Waals surface area contributed by atoms with Crippen LogP contribution in [0.15, 0.2) is 0 Å². The van der Waals surface area contributed by atoms with Crippen LogP contribution in [0.3, 0.4) is 0 Å². The number of hydrogen-bond donors (Lipinski definition) is 1. The lowest BCUT2D eigenvalue weighted by Gasteiger charge is -2.05. The number of esters is 2. The van der Waals surface area contributed by atoms with Crippen molar-refractivity contribution in [1.82, 2.24) is 0 Å². The lowest BCUT2D eigenvalue weighted by Crippen LogP contribution is -2.18. The van der Waals surface area contributed by atoms with Crippen molar-refractivity contribution in [2.45, 2.75) is 45.6 Å². The monoisotopic (exact) mass is 188 g/mol. The van der Waals surface area contributed by atoms with Crippen molar-refractivity contribution >= 4 is 11.9 Å². The second-order valence-electron chi connectivity index (χ2n) is 2.86. The molecule has 0 heterocycles. The normalized spacial score (nSPS) is 12.2. The molecular weight excluding hydrogens is 172 g/mol. The highest BCUT2D eigenvalue weighted by atomic mass is 16.6. The van der Waals surface area contributed by atoms with Gasteiger partial charge in [0.1, 0.15) is 0 Å². The Morgan fingerprint density at radius 3 is 2.38 bits per heavy atom. The maximum absolute atomic E-state index is 10.9. The molecule has 1 unspecified atom stereocenters. The highest BCUT2D eigenvalue weighted by molar-refractivity contribution is 5.85. The Hall–Kier alpha value is -0.900. The van der Waals surface area contributed by atoms with Crippen molar-refractivity contribution in [2.24, 2.45) is 0 Å². The predicted molar refractivity (Wildman–Crippen MR) is 46.9 cm³/mol. The molecule has 0 amide bonds. The first-order chi connectivity index (χ1) is 6.10. The first kappa shape index (κ1) is 12.1. The van der Waals surface area contributed by atoms with Gasteiger partial charge in [0.2, 0.25) is 0 Å². The summed E-state index contributed by atoms with van der Waals surface area (Å²) >= 11 is 0. The molecule has 0 saturated heterocycles. The van der Waals surface area contributed by atoms with Gasteiger partial charge in [0, 0.05) is 6.42 Å². The van der Waals surface area contributed by atoms with Gasteiger partial charge in [-0.25, -0.2) is 0 Å². The van der Waals surface area contributed by atoms with E-state index in [4.69, 9.17) is 5.11 Å². The van der Waals surface area contributed by atoms with Crippen molar-refractivity contribution in [3.8, 4) is 0 Å². The summed E-state index contributed by atoms with van der Waals surface area (Å²) in [5, 5.41) is 9.06.